The number of ether oxygens (including phenoxy) is 1. The minimum absolute atomic E-state index is 0.232. The first-order chi connectivity index (χ1) is 16.0. The summed E-state index contributed by atoms with van der Waals surface area (Å²) in [5.41, 5.74) is 3.18. The van der Waals surface area contributed by atoms with Gasteiger partial charge in [0.15, 0.2) is 0 Å². The summed E-state index contributed by atoms with van der Waals surface area (Å²) >= 11 is 0. The number of rotatable bonds is 8. The van der Waals surface area contributed by atoms with Crippen LogP contribution in [0.1, 0.15) is 64.4 Å². The summed E-state index contributed by atoms with van der Waals surface area (Å²) < 4.78 is 5.01. The molecule has 7 nitrogen and oxygen atoms in total. The molecule has 4 rings (SSSR count). The van der Waals surface area contributed by atoms with Crippen LogP contribution in [0, 0.1) is 0 Å². The van der Waals surface area contributed by atoms with E-state index >= 15 is 0 Å². The van der Waals surface area contributed by atoms with Gasteiger partial charge in [-0.1, -0.05) is 0 Å². The predicted molar refractivity (Wildman–Crippen MR) is 127 cm³/mol. The highest BCUT2D eigenvalue weighted by atomic mass is 16.5. The average molecular weight is 452 g/mol. The van der Waals surface area contributed by atoms with Gasteiger partial charge in [0, 0.05) is 35.5 Å². The normalized spacial score (nSPS) is 16.8. The largest absolute Gasteiger partial charge is 0.507 e. The lowest BCUT2D eigenvalue weighted by molar-refractivity contribution is 0.0526. The van der Waals surface area contributed by atoms with E-state index in [4.69, 9.17) is 4.74 Å². The van der Waals surface area contributed by atoms with Gasteiger partial charge < -0.3 is 15.2 Å². The Morgan fingerprint density at radius 3 is 1.88 bits per heavy atom. The second kappa shape index (κ2) is 10.8. The summed E-state index contributed by atoms with van der Waals surface area (Å²) in [5, 5.41) is 13.9. The van der Waals surface area contributed by atoms with Crippen molar-refractivity contribution < 1.29 is 19.4 Å². The molecule has 0 aliphatic carbocycles. The van der Waals surface area contributed by atoms with Crippen LogP contribution < -0.4 is 5.32 Å². The molecule has 0 spiro atoms. The molecule has 0 unspecified atom stereocenters. The van der Waals surface area contributed by atoms with E-state index < -0.39 is 0 Å². The zero-order valence-corrected chi connectivity index (χ0v) is 19.3. The topological polar surface area (TPSA) is 82.1 Å². The van der Waals surface area contributed by atoms with Gasteiger partial charge in [-0.3, -0.25) is 14.6 Å². The van der Waals surface area contributed by atoms with Crippen LogP contribution in [0.15, 0.2) is 36.4 Å². The van der Waals surface area contributed by atoms with Crippen LogP contribution in [0.4, 0.5) is 5.69 Å². The SMILES string of the molecule is CCOC(=O)c1ccc(NC(=O)c2cc(CN3CCCC3)c(O)c(CN3CCCC3)c2)cc1. The first-order valence-electron chi connectivity index (χ1n) is 11.9. The van der Waals surface area contributed by atoms with Crippen LogP contribution in [0.5, 0.6) is 5.75 Å². The van der Waals surface area contributed by atoms with Gasteiger partial charge in [0.2, 0.25) is 0 Å². The Bertz CT molecular complexity index is 939. The number of nitrogens with zero attached hydrogens (tertiary/aromatic N) is 2. The molecule has 0 radical (unpaired) electrons. The highest BCUT2D eigenvalue weighted by Crippen LogP contribution is 2.30. The highest BCUT2D eigenvalue weighted by molar-refractivity contribution is 6.05. The van der Waals surface area contributed by atoms with Gasteiger partial charge in [-0.25, -0.2) is 4.79 Å². The number of hydrogen-bond acceptors (Lipinski definition) is 6. The lowest BCUT2D eigenvalue weighted by atomic mass is 10.0. The van der Waals surface area contributed by atoms with Gasteiger partial charge in [0.25, 0.3) is 5.91 Å². The van der Waals surface area contributed by atoms with Crippen LogP contribution in [-0.4, -0.2) is 59.6 Å². The van der Waals surface area contributed by atoms with Gasteiger partial charge in [0.1, 0.15) is 5.75 Å². The van der Waals surface area contributed by atoms with E-state index in [1.807, 2.05) is 12.1 Å². The van der Waals surface area contributed by atoms with Crippen molar-refractivity contribution in [1.82, 2.24) is 9.80 Å². The first kappa shape index (κ1) is 23.3. The molecule has 2 saturated heterocycles. The number of esters is 1. The highest BCUT2D eigenvalue weighted by Gasteiger charge is 2.21. The summed E-state index contributed by atoms with van der Waals surface area (Å²) in [6.45, 7) is 7.45. The molecule has 7 heteroatoms. The Balaban J connectivity index is 1.54. The van der Waals surface area contributed by atoms with Gasteiger partial charge in [-0.15, -0.1) is 0 Å². The lowest BCUT2D eigenvalue weighted by Gasteiger charge is -2.21. The molecule has 0 saturated carbocycles. The summed E-state index contributed by atoms with van der Waals surface area (Å²) in [6.07, 6.45) is 4.68. The van der Waals surface area contributed by atoms with Crippen molar-refractivity contribution in [2.75, 3.05) is 38.1 Å². The van der Waals surface area contributed by atoms with Gasteiger partial charge in [0.05, 0.1) is 12.2 Å². The molecule has 0 aromatic heterocycles. The molecular formula is C26H33N3O4. The molecular weight excluding hydrogens is 418 g/mol. The van der Waals surface area contributed by atoms with E-state index in [2.05, 4.69) is 15.1 Å². The van der Waals surface area contributed by atoms with E-state index in [0.29, 0.717) is 42.3 Å². The summed E-state index contributed by atoms with van der Waals surface area (Å²) in [5.74, 6) is -0.305. The molecule has 2 aromatic carbocycles. The molecule has 0 atom stereocenters. The minimum Gasteiger partial charge on any atom is -0.507 e. The van der Waals surface area contributed by atoms with Crippen molar-refractivity contribution in [3.05, 3.63) is 58.7 Å². The monoisotopic (exact) mass is 451 g/mol. The third kappa shape index (κ3) is 5.92. The molecule has 0 bridgehead atoms. The van der Waals surface area contributed by atoms with E-state index in [-0.39, 0.29) is 11.9 Å². The maximum atomic E-state index is 13.1. The van der Waals surface area contributed by atoms with Crippen molar-refractivity contribution in [3.8, 4) is 5.75 Å². The number of nitrogens with one attached hydrogen (secondary N) is 1. The number of phenolic OH excluding ortho intramolecular Hbond substituents is 1. The second-order valence-corrected chi connectivity index (χ2v) is 8.86. The van der Waals surface area contributed by atoms with E-state index in [0.717, 1.165) is 37.3 Å². The van der Waals surface area contributed by atoms with Gasteiger partial charge >= 0.3 is 5.97 Å². The van der Waals surface area contributed by atoms with E-state index in [1.54, 1.807) is 31.2 Å². The quantitative estimate of drug-likeness (QED) is 0.590. The van der Waals surface area contributed by atoms with E-state index in [1.165, 1.54) is 25.7 Å². The molecule has 2 aromatic rings. The number of phenols is 1. The fourth-order valence-corrected chi connectivity index (χ4v) is 4.60. The smallest absolute Gasteiger partial charge is 0.338 e. The Morgan fingerprint density at radius 2 is 1.39 bits per heavy atom. The molecule has 2 aliphatic heterocycles. The maximum Gasteiger partial charge on any atom is 0.338 e. The Morgan fingerprint density at radius 1 is 0.879 bits per heavy atom. The molecule has 176 valence electrons. The molecule has 1 amide bonds. The average Bonchev–Trinajstić information content (AvgIpc) is 3.51. The zero-order valence-electron chi connectivity index (χ0n) is 19.3. The van der Waals surface area contributed by atoms with E-state index in [9.17, 15) is 14.7 Å². The van der Waals surface area contributed by atoms with Gasteiger partial charge in [-0.2, -0.15) is 0 Å². The van der Waals surface area contributed by atoms with Crippen LogP contribution in [0.2, 0.25) is 0 Å². The standard InChI is InChI=1S/C26H33N3O4/c1-2-33-26(32)19-7-9-23(10-8-19)27-25(31)20-15-21(17-28-11-3-4-12-28)24(30)22(16-20)18-29-13-5-6-14-29/h7-10,15-16,30H,2-6,11-14,17-18H2,1H3,(H,27,31). The van der Waals surface area contributed by atoms with Crippen molar-refractivity contribution in [3.63, 3.8) is 0 Å². The number of hydrogen-bond donors (Lipinski definition) is 2. The summed E-state index contributed by atoms with van der Waals surface area (Å²) in [4.78, 5) is 29.6. The summed E-state index contributed by atoms with van der Waals surface area (Å²) in [6, 6.07) is 10.3. The number of benzene rings is 2. The fraction of sp³-hybridized carbons (Fsp3) is 0.462. The van der Waals surface area contributed by atoms with Crippen molar-refractivity contribution in [2.45, 2.75) is 45.7 Å². The van der Waals surface area contributed by atoms with Crippen LogP contribution in [0.3, 0.4) is 0 Å². The summed E-state index contributed by atoms with van der Waals surface area (Å²) in [7, 11) is 0. The molecule has 2 aliphatic rings. The van der Waals surface area contributed by atoms with Gasteiger partial charge in [-0.05, 0) is 95.2 Å². The predicted octanol–water partition coefficient (Wildman–Crippen LogP) is 4.01. The first-order valence-corrected chi connectivity index (χ1v) is 11.9. The number of amides is 1. The molecule has 2 fully saturated rings. The van der Waals surface area contributed by atoms with Crippen LogP contribution in [-0.2, 0) is 17.8 Å². The number of carbonyl (C=O) groups excluding carboxylic acids is 2. The van der Waals surface area contributed by atoms with Crippen molar-refractivity contribution in [1.29, 1.82) is 0 Å². The minimum atomic E-state index is -0.382. The lowest BCUT2D eigenvalue weighted by Crippen LogP contribution is -2.22. The molecule has 33 heavy (non-hydrogen) atoms. The fourth-order valence-electron chi connectivity index (χ4n) is 4.60. The van der Waals surface area contributed by atoms with Crippen LogP contribution in [0.25, 0.3) is 0 Å². The number of likely N-dealkylation sites (tertiary alicyclic amines) is 2. The number of anilines is 1. The molecule has 2 heterocycles. The number of carbonyl (C=O) groups is 2. The van der Waals surface area contributed by atoms with Crippen molar-refractivity contribution >= 4 is 17.6 Å². The molecule has 2 N–H and O–H groups in total. The Hall–Kier alpha value is -2.90. The number of aromatic hydroxyl groups is 1. The zero-order chi connectivity index (χ0) is 23.2. The van der Waals surface area contributed by atoms with Crippen LogP contribution >= 0.6 is 0 Å². The second-order valence-electron chi connectivity index (χ2n) is 8.86. The Kier molecular flexibility index (Phi) is 7.62. The van der Waals surface area contributed by atoms with Crippen molar-refractivity contribution in [2.24, 2.45) is 0 Å². The third-order valence-corrected chi connectivity index (χ3v) is 6.37. The third-order valence-electron chi connectivity index (χ3n) is 6.37. The Labute approximate surface area is 195 Å². The maximum absolute atomic E-state index is 13.1.